The molecule has 2 heterocycles. The van der Waals surface area contributed by atoms with Gasteiger partial charge in [-0.1, -0.05) is 0 Å². The number of rotatable bonds is 4. The standard InChI is InChI=1S/C14H26N2O3/c1-12(14(17)18-2)16-5-3-13(4-6-16)11-15-7-9-19-10-8-15/h12-13H,3-11H2,1-2H3/t12-/m1/s1. The number of esters is 1. The molecule has 2 aliphatic heterocycles. The van der Waals surface area contributed by atoms with E-state index >= 15 is 0 Å². The second-order valence-electron chi connectivity index (χ2n) is 5.59. The molecule has 0 amide bonds. The minimum atomic E-state index is -0.119. The smallest absolute Gasteiger partial charge is 0.322 e. The normalized spacial score (nSPS) is 25.2. The van der Waals surface area contributed by atoms with Crippen LogP contribution in [0.1, 0.15) is 19.8 Å². The Morgan fingerprint density at radius 2 is 1.89 bits per heavy atom. The van der Waals surface area contributed by atoms with Crippen molar-refractivity contribution in [3.8, 4) is 0 Å². The lowest BCUT2D eigenvalue weighted by atomic mass is 9.95. The van der Waals surface area contributed by atoms with Gasteiger partial charge in [0.1, 0.15) is 6.04 Å². The molecule has 0 saturated carbocycles. The summed E-state index contributed by atoms with van der Waals surface area (Å²) in [6.07, 6.45) is 2.36. The van der Waals surface area contributed by atoms with Crippen molar-refractivity contribution in [2.24, 2.45) is 5.92 Å². The van der Waals surface area contributed by atoms with E-state index in [9.17, 15) is 4.79 Å². The summed E-state index contributed by atoms with van der Waals surface area (Å²) >= 11 is 0. The number of hydrogen-bond acceptors (Lipinski definition) is 5. The van der Waals surface area contributed by atoms with Crippen LogP contribution in [0.15, 0.2) is 0 Å². The maximum absolute atomic E-state index is 11.5. The van der Waals surface area contributed by atoms with Crippen molar-refractivity contribution in [2.45, 2.75) is 25.8 Å². The molecule has 0 spiro atoms. The van der Waals surface area contributed by atoms with Gasteiger partial charge in [0.2, 0.25) is 0 Å². The summed E-state index contributed by atoms with van der Waals surface area (Å²) in [5, 5.41) is 0. The summed E-state index contributed by atoms with van der Waals surface area (Å²) in [5.41, 5.74) is 0. The Balaban J connectivity index is 1.71. The zero-order valence-corrected chi connectivity index (χ0v) is 12.1. The highest BCUT2D eigenvalue weighted by molar-refractivity contribution is 5.75. The van der Waals surface area contributed by atoms with Gasteiger partial charge in [0.05, 0.1) is 20.3 Å². The van der Waals surface area contributed by atoms with E-state index in [0.717, 1.165) is 45.3 Å². The van der Waals surface area contributed by atoms with Crippen LogP contribution < -0.4 is 0 Å². The molecule has 0 aromatic carbocycles. The lowest BCUT2D eigenvalue weighted by Gasteiger charge is -2.37. The van der Waals surface area contributed by atoms with Gasteiger partial charge in [0.15, 0.2) is 0 Å². The maximum Gasteiger partial charge on any atom is 0.322 e. The molecule has 0 bridgehead atoms. The number of carbonyl (C=O) groups is 1. The fourth-order valence-electron chi connectivity index (χ4n) is 2.99. The van der Waals surface area contributed by atoms with E-state index in [1.807, 2.05) is 6.92 Å². The van der Waals surface area contributed by atoms with Crippen LogP contribution in [-0.2, 0) is 14.3 Å². The van der Waals surface area contributed by atoms with Crippen molar-refractivity contribution in [1.82, 2.24) is 9.80 Å². The van der Waals surface area contributed by atoms with Crippen LogP contribution in [0.5, 0.6) is 0 Å². The summed E-state index contributed by atoms with van der Waals surface area (Å²) in [6, 6.07) is -0.102. The Morgan fingerprint density at radius 1 is 1.26 bits per heavy atom. The first kappa shape index (κ1) is 14.8. The summed E-state index contributed by atoms with van der Waals surface area (Å²) in [6.45, 7) is 9.02. The van der Waals surface area contributed by atoms with E-state index in [1.165, 1.54) is 26.5 Å². The molecule has 1 atom stereocenters. The number of nitrogens with zero attached hydrogens (tertiary/aromatic N) is 2. The Bertz CT molecular complexity index is 284. The van der Waals surface area contributed by atoms with Crippen LogP contribution in [0, 0.1) is 5.92 Å². The number of likely N-dealkylation sites (tertiary alicyclic amines) is 1. The fraction of sp³-hybridized carbons (Fsp3) is 0.929. The first-order valence-corrected chi connectivity index (χ1v) is 7.32. The second-order valence-corrected chi connectivity index (χ2v) is 5.59. The zero-order valence-electron chi connectivity index (χ0n) is 12.1. The molecule has 2 aliphatic rings. The predicted molar refractivity (Wildman–Crippen MR) is 73.0 cm³/mol. The van der Waals surface area contributed by atoms with E-state index in [0.29, 0.717) is 0 Å². The second kappa shape index (κ2) is 7.22. The zero-order chi connectivity index (χ0) is 13.7. The Morgan fingerprint density at radius 3 is 2.47 bits per heavy atom. The maximum atomic E-state index is 11.5. The van der Waals surface area contributed by atoms with Crippen molar-refractivity contribution in [2.75, 3.05) is 53.0 Å². The molecule has 0 aromatic rings. The van der Waals surface area contributed by atoms with Crippen LogP contribution in [-0.4, -0.2) is 74.9 Å². The van der Waals surface area contributed by atoms with Crippen molar-refractivity contribution >= 4 is 5.97 Å². The van der Waals surface area contributed by atoms with Gasteiger partial charge in [0.25, 0.3) is 0 Å². The molecule has 19 heavy (non-hydrogen) atoms. The molecule has 5 nitrogen and oxygen atoms in total. The van der Waals surface area contributed by atoms with Crippen LogP contribution >= 0.6 is 0 Å². The van der Waals surface area contributed by atoms with Gasteiger partial charge in [-0.2, -0.15) is 0 Å². The van der Waals surface area contributed by atoms with E-state index in [1.54, 1.807) is 0 Å². The summed E-state index contributed by atoms with van der Waals surface area (Å²) in [7, 11) is 1.46. The largest absolute Gasteiger partial charge is 0.468 e. The minimum absolute atomic E-state index is 0.102. The van der Waals surface area contributed by atoms with Crippen molar-refractivity contribution in [3.05, 3.63) is 0 Å². The Kier molecular flexibility index (Phi) is 5.60. The highest BCUT2D eigenvalue weighted by Crippen LogP contribution is 2.20. The van der Waals surface area contributed by atoms with Gasteiger partial charge in [-0.05, 0) is 38.8 Å². The first-order valence-electron chi connectivity index (χ1n) is 7.32. The molecule has 0 aliphatic carbocycles. The fourth-order valence-corrected chi connectivity index (χ4v) is 2.99. The third-order valence-corrected chi connectivity index (χ3v) is 4.36. The third kappa shape index (κ3) is 4.16. The molecule has 5 heteroatoms. The Hall–Kier alpha value is -0.650. The topological polar surface area (TPSA) is 42.0 Å². The molecule has 2 fully saturated rings. The van der Waals surface area contributed by atoms with Crippen molar-refractivity contribution in [1.29, 1.82) is 0 Å². The molecule has 110 valence electrons. The highest BCUT2D eigenvalue weighted by atomic mass is 16.5. The first-order chi connectivity index (χ1) is 9.20. The van der Waals surface area contributed by atoms with Crippen LogP contribution in [0.3, 0.4) is 0 Å². The monoisotopic (exact) mass is 270 g/mol. The molecule has 0 radical (unpaired) electrons. The molecule has 0 aromatic heterocycles. The average Bonchev–Trinajstić information content (AvgIpc) is 2.47. The molecular weight excluding hydrogens is 244 g/mol. The van der Waals surface area contributed by atoms with Gasteiger partial charge in [-0.25, -0.2) is 0 Å². The van der Waals surface area contributed by atoms with Gasteiger partial charge >= 0.3 is 5.97 Å². The number of morpholine rings is 1. The number of carbonyl (C=O) groups excluding carboxylic acids is 1. The van der Waals surface area contributed by atoms with E-state index in [-0.39, 0.29) is 12.0 Å². The molecule has 2 rings (SSSR count). The number of ether oxygens (including phenoxy) is 2. The van der Waals surface area contributed by atoms with Crippen LogP contribution in [0.25, 0.3) is 0 Å². The number of methoxy groups -OCH3 is 1. The van der Waals surface area contributed by atoms with Crippen molar-refractivity contribution < 1.29 is 14.3 Å². The van der Waals surface area contributed by atoms with Gasteiger partial charge in [-0.3, -0.25) is 14.6 Å². The molecular formula is C14H26N2O3. The number of piperidine rings is 1. The SMILES string of the molecule is COC(=O)[C@@H](C)N1CCC(CN2CCOCC2)CC1. The van der Waals surface area contributed by atoms with Crippen molar-refractivity contribution in [3.63, 3.8) is 0 Å². The lowest BCUT2D eigenvalue weighted by Crippen LogP contribution is -2.47. The van der Waals surface area contributed by atoms with E-state index in [4.69, 9.17) is 9.47 Å². The highest BCUT2D eigenvalue weighted by Gasteiger charge is 2.28. The third-order valence-electron chi connectivity index (χ3n) is 4.36. The van der Waals surface area contributed by atoms with E-state index < -0.39 is 0 Å². The number of hydrogen-bond donors (Lipinski definition) is 0. The summed E-state index contributed by atoms with van der Waals surface area (Å²) in [5.74, 6) is 0.644. The summed E-state index contributed by atoms with van der Waals surface area (Å²) in [4.78, 5) is 16.3. The summed E-state index contributed by atoms with van der Waals surface area (Å²) < 4.78 is 10.2. The molecule has 0 N–H and O–H groups in total. The van der Waals surface area contributed by atoms with Crippen LogP contribution in [0.4, 0.5) is 0 Å². The lowest BCUT2D eigenvalue weighted by molar-refractivity contribution is -0.146. The molecule has 2 saturated heterocycles. The van der Waals surface area contributed by atoms with E-state index in [2.05, 4.69) is 9.80 Å². The predicted octanol–water partition coefficient (Wildman–Crippen LogP) is 0.592. The van der Waals surface area contributed by atoms with Gasteiger partial charge in [-0.15, -0.1) is 0 Å². The minimum Gasteiger partial charge on any atom is -0.468 e. The average molecular weight is 270 g/mol. The molecule has 0 unspecified atom stereocenters. The quantitative estimate of drug-likeness (QED) is 0.700. The van der Waals surface area contributed by atoms with Gasteiger partial charge in [0, 0.05) is 19.6 Å². The van der Waals surface area contributed by atoms with Gasteiger partial charge < -0.3 is 9.47 Å². The Labute approximate surface area is 115 Å². The van der Waals surface area contributed by atoms with Crippen LogP contribution in [0.2, 0.25) is 0 Å².